The van der Waals surface area contributed by atoms with Crippen molar-refractivity contribution in [3.8, 4) is 5.75 Å². The maximum atomic E-state index is 11.1. The first-order valence-electron chi connectivity index (χ1n) is 6.90. The number of nitrogens with zero attached hydrogens (tertiary/aromatic N) is 2. The molecular formula is C17H18N2O3. The third kappa shape index (κ3) is 3.49. The molecule has 0 aliphatic carbocycles. The number of non-ortho nitro benzene ring substituents is 1. The number of phenolic OH excluding ortho intramolecular Hbond substituents is 1. The van der Waals surface area contributed by atoms with E-state index >= 15 is 0 Å². The largest absolute Gasteiger partial charge is 0.507 e. The molecule has 5 heteroatoms. The Morgan fingerprint density at radius 3 is 2.36 bits per heavy atom. The Hall–Kier alpha value is -2.69. The van der Waals surface area contributed by atoms with E-state index in [2.05, 4.69) is 4.99 Å². The minimum absolute atomic E-state index is 0.0257. The average molecular weight is 298 g/mol. The van der Waals surface area contributed by atoms with Crippen molar-refractivity contribution in [3.63, 3.8) is 0 Å². The summed E-state index contributed by atoms with van der Waals surface area (Å²) in [7, 11) is 0. The van der Waals surface area contributed by atoms with Gasteiger partial charge in [-0.05, 0) is 17.5 Å². The fraction of sp³-hybridized carbons (Fsp3) is 0.235. The highest BCUT2D eigenvalue weighted by Crippen LogP contribution is 2.36. The van der Waals surface area contributed by atoms with Gasteiger partial charge in [0.15, 0.2) is 0 Å². The molecule has 0 aliphatic rings. The monoisotopic (exact) mass is 298 g/mol. The van der Waals surface area contributed by atoms with E-state index in [-0.39, 0.29) is 11.4 Å². The van der Waals surface area contributed by atoms with Crippen LogP contribution in [0.2, 0.25) is 0 Å². The molecule has 0 heterocycles. The van der Waals surface area contributed by atoms with Crippen molar-refractivity contribution in [1.29, 1.82) is 0 Å². The topological polar surface area (TPSA) is 75.7 Å². The predicted octanol–water partition coefficient (Wildman–Crippen LogP) is 4.35. The number of para-hydroxylation sites is 1. The molecule has 0 amide bonds. The first-order valence-corrected chi connectivity index (χ1v) is 6.90. The summed E-state index contributed by atoms with van der Waals surface area (Å²) in [4.78, 5) is 14.9. The Balaban J connectivity index is 2.53. The van der Waals surface area contributed by atoms with Gasteiger partial charge in [-0.15, -0.1) is 0 Å². The van der Waals surface area contributed by atoms with Gasteiger partial charge >= 0.3 is 0 Å². The summed E-state index contributed by atoms with van der Waals surface area (Å²) in [6, 6.07) is 11.9. The van der Waals surface area contributed by atoms with Gasteiger partial charge in [-0.25, -0.2) is 0 Å². The third-order valence-electron chi connectivity index (χ3n) is 3.25. The van der Waals surface area contributed by atoms with E-state index in [4.69, 9.17) is 0 Å². The number of benzene rings is 2. The lowest BCUT2D eigenvalue weighted by atomic mass is 9.85. The first kappa shape index (κ1) is 15.7. The molecular weight excluding hydrogens is 280 g/mol. The second kappa shape index (κ2) is 5.97. The molecule has 0 saturated heterocycles. The minimum Gasteiger partial charge on any atom is -0.507 e. The lowest BCUT2D eigenvalue weighted by Gasteiger charge is -2.21. The molecule has 0 aromatic heterocycles. The summed E-state index contributed by atoms with van der Waals surface area (Å²) in [6.07, 6.45) is 1.45. The van der Waals surface area contributed by atoms with Crippen LogP contribution in [-0.4, -0.2) is 16.2 Å². The highest BCUT2D eigenvalue weighted by molar-refractivity contribution is 5.87. The van der Waals surface area contributed by atoms with Crippen LogP contribution < -0.4 is 0 Å². The van der Waals surface area contributed by atoms with E-state index in [1.54, 1.807) is 0 Å². The number of phenols is 1. The van der Waals surface area contributed by atoms with Gasteiger partial charge in [0.05, 0.1) is 10.6 Å². The molecule has 0 aliphatic heterocycles. The number of hydrogen-bond acceptors (Lipinski definition) is 4. The van der Waals surface area contributed by atoms with Crippen LogP contribution in [0.3, 0.4) is 0 Å². The summed E-state index contributed by atoms with van der Waals surface area (Å²) >= 11 is 0. The standard InChI is InChI=1S/C17H18N2O3/c1-17(2,3)15-10-14(19(21)22)9-12(16(15)20)11-18-13-7-5-4-6-8-13/h4-11,20H,1-3H3/b18-11+. The van der Waals surface area contributed by atoms with Crippen molar-refractivity contribution in [3.05, 3.63) is 63.7 Å². The number of aromatic hydroxyl groups is 1. The van der Waals surface area contributed by atoms with Crippen LogP contribution in [0.15, 0.2) is 47.5 Å². The van der Waals surface area contributed by atoms with Crippen molar-refractivity contribution in [1.82, 2.24) is 0 Å². The molecule has 114 valence electrons. The molecule has 2 aromatic carbocycles. The molecule has 0 atom stereocenters. The van der Waals surface area contributed by atoms with E-state index < -0.39 is 10.3 Å². The number of rotatable bonds is 3. The SMILES string of the molecule is CC(C)(C)c1cc([N+](=O)[O-])cc(/C=N/c2ccccc2)c1O. The summed E-state index contributed by atoms with van der Waals surface area (Å²) in [5.41, 5.74) is 1.10. The van der Waals surface area contributed by atoms with Gasteiger partial charge in [0, 0.05) is 29.5 Å². The van der Waals surface area contributed by atoms with Crippen molar-refractivity contribution in [2.75, 3.05) is 0 Å². The van der Waals surface area contributed by atoms with Crippen LogP contribution in [-0.2, 0) is 5.41 Å². The molecule has 2 rings (SSSR count). The lowest BCUT2D eigenvalue weighted by molar-refractivity contribution is -0.385. The van der Waals surface area contributed by atoms with Gasteiger partial charge in [-0.1, -0.05) is 39.0 Å². The van der Waals surface area contributed by atoms with E-state index in [0.717, 1.165) is 0 Å². The highest BCUT2D eigenvalue weighted by atomic mass is 16.6. The van der Waals surface area contributed by atoms with Crippen molar-refractivity contribution in [2.24, 2.45) is 4.99 Å². The van der Waals surface area contributed by atoms with Crippen LogP contribution in [0.5, 0.6) is 5.75 Å². The smallest absolute Gasteiger partial charge is 0.270 e. The molecule has 0 spiro atoms. The molecule has 2 aromatic rings. The van der Waals surface area contributed by atoms with E-state index in [1.165, 1.54) is 18.3 Å². The van der Waals surface area contributed by atoms with Gasteiger partial charge < -0.3 is 5.11 Å². The van der Waals surface area contributed by atoms with Crippen LogP contribution in [0, 0.1) is 10.1 Å². The van der Waals surface area contributed by atoms with Gasteiger partial charge in [0.1, 0.15) is 5.75 Å². The van der Waals surface area contributed by atoms with Gasteiger partial charge in [0.25, 0.3) is 5.69 Å². The van der Waals surface area contributed by atoms with Crippen LogP contribution >= 0.6 is 0 Å². The van der Waals surface area contributed by atoms with Gasteiger partial charge in [-0.2, -0.15) is 0 Å². The van der Waals surface area contributed by atoms with Gasteiger partial charge in [-0.3, -0.25) is 15.1 Å². The second-order valence-corrected chi connectivity index (χ2v) is 6.03. The summed E-state index contributed by atoms with van der Waals surface area (Å²) < 4.78 is 0. The number of hydrogen-bond donors (Lipinski definition) is 1. The van der Waals surface area contributed by atoms with Crippen molar-refractivity contribution < 1.29 is 10.0 Å². The minimum atomic E-state index is -0.464. The number of aliphatic imine (C=N–C) groups is 1. The maximum absolute atomic E-state index is 11.1. The number of nitro groups is 1. The molecule has 0 bridgehead atoms. The normalized spacial score (nSPS) is 11.8. The van der Waals surface area contributed by atoms with Crippen molar-refractivity contribution in [2.45, 2.75) is 26.2 Å². The number of nitro benzene ring substituents is 1. The quantitative estimate of drug-likeness (QED) is 0.520. The highest BCUT2D eigenvalue weighted by Gasteiger charge is 2.24. The molecule has 22 heavy (non-hydrogen) atoms. The Labute approximate surface area is 129 Å². The van der Waals surface area contributed by atoms with E-state index in [0.29, 0.717) is 16.8 Å². The predicted molar refractivity (Wildman–Crippen MR) is 87.2 cm³/mol. The van der Waals surface area contributed by atoms with E-state index in [1.807, 2.05) is 51.1 Å². The fourth-order valence-electron chi connectivity index (χ4n) is 2.07. The third-order valence-corrected chi connectivity index (χ3v) is 3.25. The zero-order chi connectivity index (χ0) is 16.3. The maximum Gasteiger partial charge on any atom is 0.270 e. The van der Waals surface area contributed by atoms with E-state index in [9.17, 15) is 15.2 Å². The Kier molecular flexibility index (Phi) is 4.26. The molecule has 1 N–H and O–H groups in total. The van der Waals surface area contributed by atoms with Crippen LogP contribution in [0.25, 0.3) is 0 Å². The summed E-state index contributed by atoms with van der Waals surface area (Å²) in [5, 5.41) is 21.5. The average Bonchev–Trinajstić information content (AvgIpc) is 2.45. The molecule has 5 nitrogen and oxygen atoms in total. The Bertz CT molecular complexity index is 717. The second-order valence-electron chi connectivity index (χ2n) is 6.03. The fourth-order valence-corrected chi connectivity index (χ4v) is 2.07. The summed E-state index contributed by atoms with van der Waals surface area (Å²) in [5.74, 6) is 0.0257. The van der Waals surface area contributed by atoms with Gasteiger partial charge in [0.2, 0.25) is 0 Å². The molecule has 0 saturated carbocycles. The Morgan fingerprint density at radius 2 is 1.82 bits per heavy atom. The zero-order valence-corrected chi connectivity index (χ0v) is 12.8. The van der Waals surface area contributed by atoms with Crippen molar-refractivity contribution >= 4 is 17.6 Å². The van der Waals surface area contributed by atoms with Crippen LogP contribution in [0.4, 0.5) is 11.4 Å². The molecule has 0 fully saturated rings. The first-order chi connectivity index (χ1) is 10.3. The molecule has 0 unspecified atom stereocenters. The molecule has 0 radical (unpaired) electrons. The summed E-state index contributed by atoms with van der Waals surface area (Å²) in [6.45, 7) is 5.68. The van der Waals surface area contributed by atoms with Crippen LogP contribution in [0.1, 0.15) is 31.9 Å². The Morgan fingerprint density at radius 1 is 1.18 bits per heavy atom. The lowest BCUT2D eigenvalue weighted by Crippen LogP contribution is -2.12. The zero-order valence-electron chi connectivity index (χ0n) is 12.8.